The van der Waals surface area contributed by atoms with E-state index in [0.29, 0.717) is 5.92 Å². The van der Waals surface area contributed by atoms with Crippen molar-refractivity contribution in [3.63, 3.8) is 0 Å². The summed E-state index contributed by atoms with van der Waals surface area (Å²) >= 11 is 0. The average molecular weight is 535 g/mol. The molecule has 0 heterocycles. The van der Waals surface area contributed by atoms with Crippen LogP contribution in [0.1, 0.15) is 85.5 Å². The van der Waals surface area contributed by atoms with Gasteiger partial charge in [0.25, 0.3) is 0 Å². The molecule has 1 N–H and O–H groups in total. The van der Waals surface area contributed by atoms with Crippen molar-refractivity contribution in [2.45, 2.75) is 85.5 Å². The van der Waals surface area contributed by atoms with E-state index in [2.05, 4.69) is 94.4 Å². The average Bonchev–Trinajstić information content (AvgIpc) is 3.09. The second-order valence-electron chi connectivity index (χ2n) is 9.88. The Kier molecular flexibility index (Phi) is 16.7. The molecule has 1 amide bonds. The quantitative estimate of drug-likeness (QED) is 0.297. The number of amides is 1. The summed E-state index contributed by atoms with van der Waals surface area (Å²) in [4.78, 5) is 10.9. The van der Waals surface area contributed by atoms with Crippen molar-refractivity contribution in [1.82, 2.24) is 0 Å². The van der Waals surface area contributed by atoms with Crippen molar-refractivity contribution in [3.05, 3.63) is 89.2 Å². The minimum absolute atomic E-state index is 0. The predicted octanol–water partition coefficient (Wildman–Crippen LogP) is 7.50. The van der Waals surface area contributed by atoms with Gasteiger partial charge in [0, 0.05) is 5.92 Å². The number of hydrogen-bond donors (Lipinski definition) is 0. The van der Waals surface area contributed by atoms with E-state index in [9.17, 15) is 4.79 Å². The predicted molar refractivity (Wildman–Crippen MR) is 154 cm³/mol. The fourth-order valence-corrected chi connectivity index (χ4v) is 5.74. The van der Waals surface area contributed by atoms with Crippen molar-refractivity contribution in [1.29, 1.82) is 0 Å². The van der Waals surface area contributed by atoms with Crippen LogP contribution in [0.15, 0.2) is 77.4 Å². The van der Waals surface area contributed by atoms with Crippen LogP contribution in [0, 0.1) is 17.9 Å². The second-order valence-corrected chi connectivity index (χ2v) is 11.5. The van der Waals surface area contributed by atoms with Crippen molar-refractivity contribution in [2.24, 2.45) is 11.8 Å². The van der Waals surface area contributed by atoms with Gasteiger partial charge in [-0.3, -0.25) is 6.08 Å². The maximum atomic E-state index is 10.9. The molecule has 2 aliphatic carbocycles. The van der Waals surface area contributed by atoms with Crippen LogP contribution in [0.4, 0.5) is 0 Å². The molecule has 2 aliphatic rings. The van der Waals surface area contributed by atoms with Crippen LogP contribution in [0.2, 0.25) is 0 Å². The molecule has 36 heavy (non-hydrogen) atoms. The molecule has 2 nitrogen and oxygen atoms in total. The number of allylic oxidation sites excluding steroid dienone is 4. The smallest absolute Gasteiger partial charge is 0.668 e. The Labute approximate surface area is 237 Å². The number of rotatable bonds is 3. The molecule has 1 saturated carbocycles. The first kappa shape index (κ1) is 32.4. The Bertz CT molecular complexity index is 892. The third-order valence-corrected chi connectivity index (χ3v) is 8.58. The van der Waals surface area contributed by atoms with Crippen molar-refractivity contribution in [3.8, 4) is 0 Å². The van der Waals surface area contributed by atoms with Gasteiger partial charge in [0.05, 0.1) is 5.91 Å². The molecule has 1 radical (unpaired) electrons. The van der Waals surface area contributed by atoms with E-state index >= 15 is 0 Å². The van der Waals surface area contributed by atoms with Crippen LogP contribution in [0.25, 0.3) is 5.73 Å². The van der Waals surface area contributed by atoms with E-state index in [1.165, 1.54) is 59.2 Å². The molecule has 0 aliphatic heterocycles. The molecule has 2 aromatic carbocycles. The van der Waals surface area contributed by atoms with Gasteiger partial charge in [-0.25, -0.2) is 5.57 Å². The van der Waals surface area contributed by atoms with Crippen molar-refractivity contribution < 1.29 is 26.5 Å². The minimum atomic E-state index is -0.333. The number of carbonyl (C=O) groups excluding carboxylic acids is 1. The van der Waals surface area contributed by atoms with Crippen LogP contribution >= 0.6 is 0 Å². The van der Waals surface area contributed by atoms with E-state index in [1.54, 1.807) is 0 Å². The molecule has 191 valence electrons. The summed E-state index contributed by atoms with van der Waals surface area (Å²) < 4.78 is 0. The van der Waals surface area contributed by atoms with Crippen molar-refractivity contribution >= 4 is 25.8 Å². The van der Waals surface area contributed by atoms with Gasteiger partial charge in [0.15, 0.2) is 0 Å². The van der Waals surface area contributed by atoms with Gasteiger partial charge in [-0.2, -0.15) is 11.1 Å². The number of benzene rings is 2. The van der Waals surface area contributed by atoms with Gasteiger partial charge in [0.2, 0.25) is 0 Å². The molecule has 4 rings (SSSR count). The Morgan fingerprint density at radius 3 is 1.50 bits per heavy atom. The number of carbonyl (C=O) groups is 1. The van der Waals surface area contributed by atoms with Gasteiger partial charge in [-0.15, -0.1) is 6.92 Å². The zero-order chi connectivity index (χ0) is 25.5. The Morgan fingerprint density at radius 1 is 0.778 bits per heavy atom. The number of nitrogens with one attached hydrogen (secondary N) is 1. The summed E-state index contributed by atoms with van der Waals surface area (Å²) in [5.41, 5.74) is 11.4. The summed E-state index contributed by atoms with van der Waals surface area (Å²) in [6, 6.07) is 21.3. The van der Waals surface area contributed by atoms with E-state index in [0.717, 1.165) is 25.7 Å². The van der Waals surface area contributed by atoms with Crippen LogP contribution < -0.4 is 10.4 Å². The van der Waals surface area contributed by atoms with E-state index in [1.807, 2.05) is 0 Å². The zero-order valence-corrected chi connectivity index (χ0v) is 25.5. The molecule has 1 unspecified atom stereocenters. The Hall–Kier alpha value is -1.68. The summed E-state index contributed by atoms with van der Waals surface area (Å²) in [5.74, 6) is 0.281. The van der Waals surface area contributed by atoms with Crippen LogP contribution in [-0.2, 0) is 26.5 Å². The molecule has 0 bridgehead atoms. The third-order valence-electron chi connectivity index (χ3n) is 7.14. The SMILES string of the molecule is CC1=[C-]C(C)C(C)=C1C.[NH-]C(=O)C1CCCCCCCCC1.[Ti+2].c1ccc([SiH]c2ccccc2)cc1. The Morgan fingerprint density at radius 2 is 1.19 bits per heavy atom. The van der Waals surface area contributed by atoms with Crippen LogP contribution in [0.3, 0.4) is 0 Å². The molecule has 1 fully saturated rings. The molecular formula is C32H44NOSiTi. The summed E-state index contributed by atoms with van der Waals surface area (Å²) in [7, 11) is 0.271. The first-order valence-electron chi connectivity index (χ1n) is 13.4. The van der Waals surface area contributed by atoms with Crippen LogP contribution in [0.5, 0.6) is 0 Å². The molecule has 1 atom stereocenters. The molecular weight excluding hydrogens is 490 g/mol. The molecule has 0 saturated heterocycles. The van der Waals surface area contributed by atoms with E-state index in [4.69, 9.17) is 5.73 Å². The molecule has 2 aromatic rings. The van der Waals surface area contributed by atoms with E-state index < -0.39 is 0 Å². The van der Waals surface area contributed by atoms with Gasteiger partial charge in [-0.05, 0) is 12.8 Å². The largest absolute Gasteiger partial charge is 2.00 e. The molecule has 0 spiro atoms. The Balaban J connectivity index is 0.000000271. The fraction of sp³-hybridized carbons (Fsp3) is 0.469. The normalized spacial score (nSPS) is 18.4. The van der Waals surface area contributed by atoms with E-state index in [-0.39, 0.29) is 43.1 Å². The van der Waals surface area contributed by atoms with Gasteiger partial charge < -0.3 is 10.5 Å². The van der Waals surface area contributed by atoms with Gasteiger partial charge in [-0.1, -0.05) is 143 Å². The second kappa shape index (κ2) is 18.5. The maximum absolute atomic E-state index is 10.9. The van der Waals surface area contributed by atoms with Crippen LogP contribution in [-0.4, -0.2) is 15.4 Å². The fourth-order valence-electron chi connectivity index (χ4n) is 4.52. The summed E-state index contributed by atoms with van der Waals surface area (Å²) in [6.07, 6.45) is 14.1. The molecule has 0 aromatic heterocycles. The number of hydrogen-bond acceptors (Lipinski definition) is 1. The topological polar surface area (TPSA) is 40.9 Å². The third kappa shape index (κ3) is 12.5. The molecule has 4 heteroatoms. The standard InChI is InChI=1S/C12H11Si.C11H21NO.C9H13.Ti/c1-3-7-11(8-4-1)13-12-9-5-2-6-10-12;12-11(13)10-8-6-4-2-1-3-5-7-9-10;1-6-5-7(2)9(4)8(6)3;/h1-10,13H;10H,1-9H2,(H2,12,13);6H,1-4H3;/q;;-1;+2/p-1. The first-order valence-corrected chi connectivity index (χ1v) is 14.5. The minimum Gasteiger partial charge on any atom is -0.668 e. The van der Waals surface area contributed by atoms with Gasteiger partial charge in [0.1, 0.15) is 9.52 Å². The monoisotopic (exact) mass is 534 g/mol. The summed E-state index contributed by atoms with van der Waals surface area (Å²) in [5, 5.41) is 2.90. The first-order chi connectivity index (χ1) is 16.9. The van der Waals surface area contributed by atoms with Gasteiger partial charge >= 0.3 is 21.7 Å². The zero-order valence-electron chi connectivity index (χ0n) is 22.8. The summed E-state index contributed by atoms with van der Waals surface area (Å²) in [6.45, 7) is 8.67. The maximum Gasteiger partial charge on any atom is 2.00 e. The van der Waals surface area contributed by atoms with Crippen molar-refractivity contribution in [2.75, 3.05) is 0 Å².